The van der Waals surface area contributed by atoms with Crippen molar-refractivity contribution in [2.45, 2.75) is 19.3 Å². The third-order valence-corrected chi connectivity index (χ3v) is 1.24. The molecule has 0 fully saturated rings. The molecular weight excluding hydrogens is 135 g/mol. The maximum Gasteiger partial charge on any atom is 1.00 e. The third-order valence-electron chi connectivity index (χ3n) is 1.24. The van der Waals surface area contributed by atoms with Crippen LogP contribution < -0.4 is 51.4 Å². The molecule has 0 heterocycles. The van der Waals surface area contributed by atoms with Crippen molar-refractivity contribution in [3.05, 3.63) is 30.7 Å². The van der Waals surface area contributed by atoms with Crippen LogP contribution in [0.1, 0.15) is 19.3 Å². The van der Waals surface area contributed by atoms with Gasteiger partial charge in [0, 0.05) is 0 Å². The first-order valence-corrected chi connectivity index (χ1v) is 3.15. The Hall–Kier alpha value is 0.986. The van der Waals surface area contributed by atoms with Crippen LogP contribution in [0.4, 0.5) is 0 Å². The Morgan fingerprint density at radius 3 is 3.00 bits per heavy atom. The van der Waals surface area contributed by atoms with Crippen molar-refractivity contribution in [1.29, 1.82) is 0 Å². The van der Waals surface area contributed by atoms with Crippen LogP contribution in [0.25, 0.3) is 0 Å². The molecule has 44 valence electrons. The van der Waals surface area contributed by atoms with E-state index >= 15 is 0 Å². The van der Waals surface area contributed by atoms with E-state index in [-0.39, 0.29) is 51.4 Å². The standard InChI is InChI=1S/C8H11.K/c1-2-4-6-8-7-5-3-1;/h1-5H,6-8H2;/q-1;+1. The van der Waals surface area contributed by atoms with Gasteiger partial charge in [-0.05, 0) is 6.42 Å². The van der Waals surface area contributed by atoms with Gasteiger partial charge in [-0.1, -0.05) is 6.42 Å². The summed E-state index contributed by atoms with van der Waals surface area (Å²) in [6, 6.07) is 0. The van der Waals surface area contributed by atoms with Gasteiger partial charge in [0.2, 0.25) is 0 Å². The molecule has 0 aromatic rings. The Kier molecular flexibility index (Phi) is 7.88. The summed E-state index contributed by atoms with van der Waals surface area (Å²) >= 11 is 0. The number of hydrogen-bond donors (Lipinski definition) is 0. The number of rotatable bonds is 0. The average molecular weight is 146 g/mol. The fourth-order valence-corrected chi connectivity index (χ4v) is 0.767. The Balaban J connectivity index is 0.000000640. The smallest absolute Gasteiger partial charge is 0.230 e. The molecule has 0 bridgehead atoms. The molecule has 1 aliphatic carbocycles. The topological polar surface area (TPSA) is 0 Å². The minimum atomic E-state index is 0. The SMILES string of the molecule is C1=C[CH-]CCCC=C1.[K+]. The van der Waals surface area contributed by atoms with Crippen molar-refractivity contribution in [3.8, 4) is 0 Å². The summed E-state index contributed by atoms with van der Waals surface area (Å²) in [6.07, 6.45) is 14.5. The summed E-state index contributed by atoms with van der Waals surface area (Å²) in [7, 11) is 0. The summed E-state index contributed by atoms with van der Waals surface area (Å²) in [4.78, 5) is 0. The van der Waals surface area contributed by atoms with Gasteiger partial charge < -0.3 is 0 Å². The second-order valence-corrected chi connectivity index (χ2v) is 1.98. The Labute approximate surface area is 99.8 Å². The van der Waals surface area contributed by atoms with Gasteiger partial charge in [-0.25, -0.2) is 18.6 Å². The molecule has 9 heavy (non-hydrogen) atoms. The zero-order chi connectivity index (χ0) is 5.66. The van der Waals surface area contributed by atoms with Gasteiger partial charge in [0.05, 0.1) is 0 Å². The summed E-state index contributed by atoms with van der Waals surface area (Å²) in [5.41, 5.74) is 0. The summed E-state index contributed by atoms with van der Waals surface area (Å²) < 4.78 is 0. The van der Waals surface area contributed by atoms with E-state index in [1.165, 1.54) is 19.3 Å². The van der Waals surface area contributed by atoms with E-state index in [1.807, 2.05) is 0 Å². The van der Waals surface area contributed by atoms with Crippen molar-refractivity contribution in [2.75, 3.05) is 0 Å². The summed E-state index contributed by atoms with van der Waals surface area (Å²) in [6.45, 7) is 0. The van der Waals surface area contributed by atoms with Crippen LogP contribution in [0, 0.1) is 6.42 Å². The van der Waals surface area contributed by atoms with Gasteiger partial charge in [0.1, 0.15) is 0 Å². The molecule has 0 saturated carbocycles. The first-order valence-electron chi connectivity index (χ1n) is 3.15. The summed E-state index contributed by atoms with van der Waals surface area (Å²) in [5, 5.41) is 0. The second-order valence-electron chi connectivity index (χ2n) is 1.98. The van der Waals surface area contributed by atoms with Crippen molar-refractivity contribution in [3.63, 3.8) is 0 Å². The molecule has 0 aromatic heterocycles. The average Bonchev–Trinajstić information content (AvgIpc) is 1.62. The van der Waals surface area contributed by atoms with E-state index in [4.69, 9.17) is 0 Å². The van der Waals surface area contributed by atoms with Crippen molar-refractivity contribution in [1.82, 2.24) is 0 Å². The third kappa shape index (κ3) is 5.43. The monoisotopic (exact) mass is 146 g/mol. The van der Waals surface area contributed by atoms with Crippen LogP contribution in [0.2, 0.25) is 0 Å². The fourth-order valence-electron chi connectivity index (χ4n) is 0.767. The number of allylic oxidation sites excluding steroid dienone is 4. The molecular formula is C8H11K. The molecule has 0 atom stereocenters. The van der Waals surface area contributed by atoms with Crippen LogP contribution in [-0.4, -0.2) is 0 Å². The molecule has 0 amide bonds. The van der Waals surface area contributed by atoms with Gasteiger partial charge in [-0.15, -0.1) is 18.6 Å². The molecule has 1 aliphatic rings. The predicted octanol–water partition coefficient (Wildman–Crippen LogP) is -0.509. The van der Waals surface area contributed by atoms with E-state index in [2.05, 4.69) is 30.7 Å². The minimum absolute atomic E-state index is 0. The molecule has 0 N–H and O–H groups in total. The molecule has 0 saturated heterocycles. The van der Waals surface area contributed by atoms with E-state index in [9.17, 15) is 0 Å². The van der Waals surface area contributed by atoms with Gasteiger partial charge >= 0.3 is 51.4 Å². The van der Waals surface area contributed by atoms with Crippen LogP contribution in [-0.2, 0) is 0 Å². The van der Waals surface area contributed by atoms with Crippen LogP contribution in [0.3, 0.4) is 0 Å². The summed E-state index contributed by atoms with van der Waals surface area (Å²) in [5.74, 6) is 0. The quantitative estimate of drug-likeness (QED) is 0.319. The largest absolute Gasteiger partial charge is 1.00 e. The number of hydrogen-bond acceptors (Lipinski definition) is 0. The van der Waals surface area contributed by atoms with Gasteiger partial charge in [-0.3, -0.25) is 0 Å². The predicted molar refractivity (Wildman–Crippen MR) is 36.4 cm³/mol. The molecule has 1 heteroatoms. The maximum atomic E-state index is 2.21. The first-order chi connectivity index (χ1) is 4.00. The normalized spacial score (nSPS) is 16.9. The van der Waals surface area contributed by atoms with Crippen LogP contribution in [0.5, 0.6) is 0 Å². The van der Waals surface area contributed by atoms with Crippen molar-refractivity contribution < 1.29 is 51.4 Å². The first kappa shape index (κ1) is 9.99. The minimum Gasteiger partial charge on any atom is -0.230 e. The zero-order valence-corrected chi connectivity index (χ0v) is 9.13. The van der Waals surface area contributed by atoms with Gasteiger partial charge in [-0.2, -0.15) is 0 Å². The van der Waals surface area contributed by atoms with E-state index in [1.54, 1.807) is 0 Å². The molecule has 0 spiro atoms. The van der Waals surface area contributed by atoms with E-state index in [0.29, 0.717) is 0 Å². The molecule has 0 aromatic carbocycles. The zero-order valence-electron chi connectivity index (χ0n) is 6.01. The molecule has 0 unspecified atom stereocenters. The van der Waals surface area contributed by atoms with Crippen molar-refractivity contribution >= 4 is 0 Å². The Morgan fingerprint density at radius 1 is 1.22 bits per heavy atom. The Morgan fingerprint density at radius 2 is 2.11 bits per heavy atom. The molecule has 0 nitrogen and oxygen atoms in total. The maximum absolute atomic E-state index is 2.21. The van der Waals surface area contributed by atoms with Crippen LogP contribution >= 0.6 is 0 Å². The van der Waals surface area contributed by atoms with Crippen LogP contribution in [0.15, 0.2) is 24.3 Å². The molecule has 0 aliphatic heterocycles. The van der Waals surface area contributed by atoms with Gasteiger partial charge in [0.15, 0.2) is 0 Å². The van der Waals surface area contributed by atoms with Crippen molar-refractivity contribution in [2.24, 2.45) is 0 Å². The second kappa shape index (κ2) is 7.10. The molecule has 1 rings (SSSR count). The fraction of sp³-hybridized carbons (Fsp3) is 0.375. The Bertz CT molecular complexity index is 89.1. The van der Waals surface area contributed by atoms with E-state index in [0.717, 1.165) is 0 Å². The molecule has 0 radical (unpaired) electrons. The van der Waals surface area contributed by atoms with E-state index < -0.39 is 0 Å². The van der Waals surface area contributed by atoms with Gasteiger partial charge in [0.25, 0.3) is 0 Å².